The molecule has 1 aromatic heterocycles. The van der Waals surface area contributed by atoms with E-state index in [9.17, 15) is 4.79 Å². The Morgan fingerprint density at radius 1 is 1.15 bits per heavy atom. The van der Waals surface area contributed by atoms with Gasteiger partial charge in [-0.25, -0.2) is 4.79 Å². The molecule has 2 amide bonds. The number of hydrogen-bond donors (Lipinski definition) is 2. The molecule has 0 radical (unpaired) electrons. The molecular weight excluding hydrogens is 342 g/mol. The second-order valence-corrected chi connectivity index (χ2v) is 6.18. The van der Waals surface area contributed by atoms with Crippen LogP contribution in [-0.2, 0) is 0 Å². The summed E-state index contributed by atoms with van der Waals surface area (Å²) in [5, 5.41) is 17.2. The molecule has 0 saturated carbocycles. The van der Waals surface area contributed by atoms with E-state index in [2.05, 4.69) is 43.2 Å². The van der Waals surface area contributed by atoms with Gasteiger partial charge in [0, 0.05) is 31.5 Å². The summed E-state index contributed by atoms with van der Waals surface area (Å²) in [7, 11) is 2.04. The lowest BCUT2D eigenvalue weighted by atomic mass is 10.2. The molecule has 3 aromatic rings. The number of hydrogen-bond acceptors (Lipinski definition) is 5. The van der Waals surface area contributed by atoms with Crippen LogP contribution < -0.4 is 15.5 Å². The number of nitrogens with zero attached hydrogens (tertiary/aromatic N) is 5. The Hall–Kier alpha value is -3.42. The summed E-state index contributed by atoms with van der Waals surface area (Å²) in [4.78, 5) is 14.3. The number of tetrazole rings is 1. The van der Waals surface area contributed by atoms with E-state index in [0.29, 0.717) is 18.1 Å². The average Bonchev–Trinajstić information content (AvgIpc) is 3.12. The van der Waals surface area contributed by atoms with Crippen molar-refractivity contribution in [1.29, 1.82) is 0 Å². The van der Waals surface area contributed by atoms with E-state index in [1.807, 2.05) is 56.4 Å². The number of carbonyl (C=O) groups excluding carboxylic acids is 1. The molecule has 27 heavy (non-hydrogen) atoms. The van der Waals surface area contributed by atoms with Gasteiger partial charge in [0.2, 0.25) is 0 Å². The van der Waals surface area contributed by atoms with E-state index in [0.717, 1.165) is 24.3 Å². The minimum Gasteiger partial charge on any atom is -0.375 e. The highest BCUT2D eigenvalue weighted by molar-refractivity contribution is 5.89. The van der Waals surface area contributed by atoms with Crippen molar-refractivity contribution in [3.63, 3.8) is 0 Å². The highest BCUT2D eigenvalue weighted by Gasteiger charge is 2.06. The molecule has 0 aliphatic carbocycles. The quantitative estimate of drug-likeness (QED) is 0.629. The Bertz CT molecular complexity index is 879. The van der Waals surface area contributed by atoms with Crippen LogP contribution in [0.25, 0.3) is 5.69 Å². The topological polar surface area (TPSA) is 88.0 Å². The first-order valence-electron chi connectivity index (χ1n) is 8.80. The number of aryl methyl sites for hydroxylation is 1. The van der Waals surface area contributed by atoms with Crippen molar-refractivity contribution < 1.29 is 4.79 Å². The molecule has 1 heterocycles. The third-order valence-electron chi connectivity index (χ3n) is 4.13. The molecule has 2 N–H and O–H groups in total. The lowest BCUT2D eigenvalue weighted by molar-refractivity contribution is 0.252. The number of carbonyl (C=O) groups is 1. The zero-order chi connectivity index (χ0) is 19.1. The van der Waals surface area contributed by atoms with Gasteiger partial charge in [-0.15, -0.1) is 5.10 Å². The smallest absolute Gasteiger partial charge is 0.319 e. The van der Waals surface area contributed by atoms with Crippen molar-refractivity contribution in [2.24, 2.45) is 0 Å². The summed E-state index contributed by atoms with van der Waals surface area (Å²) >= 11 is 0. The van der Waals surface area contributed by atoms with E-state index in [1.54, 1.807) is 4.68 Å². The number of urea groups is 1. The van der Waals surface area contributed by atoms with Crippen molar-refractivity contribution in [2.75, 3.05) is 30.4 Å². The summed E-state index contributed by atoms with van der Waals surface area (Å²) in [6.07, 6.45) is 0.850. The fourth-order valence-electron chi connectivity index (χ4n) is 2.69. The van der Waals surface area contributed by atoms with Gasteiger partial charge in [0.25, 0.3) is 0 Å². The maximum absolute atomic E-state index is 12.1. The summed E-state index contributed by atoms with van der Waals surface area (Å²) < 4.78 is 1.61. The third kappa shape index (κ3) is 5.04. The molecule has 0 bridgehead atoms. The Balaban J connectivity index is 1.45. The van der Waals surface area contributed by atoms with Crippen LogP contribution >= 0.6 is 0 Å². The fourth-order valence-corrected chi connectivity index (χ4v) is 2.69. The van der Waals surface area contributed by atoms with Gasteiger partial charge in [0.1, 0.15) is 0 Å². The number of para-hydroxylation sites is 1. The molecule has 0 atom stereocenters. The number of aromatic nitrogens is 4. The molecular formula is C19H23N7O. The van der Waals surface area contributed by atoms with Gasteiger partial charge in [0.05, 0.1) is 5.69 Å². The molecule has 0 unspecified atom stereocenters. The standard InChI is InChI=1S/C19H23N7O/c1-15-22-23-24-26(15)18-11-6-8-16(14-18)21-19(27)20-12-7-13-25(2)17-9-4-3-5-10-17/h3-6,8-11,14H,7,12-13H2,1-2H3,(H2,20,21,27). The Labute approximate surface area is 158 Å². The lowest BCUT2D eigenvalue weighted by Crippen LogP contribution is -2.31. The van der Waals surface area contributed by atoms with Crippen LogP contribution in [0.2, 0.25) is 0 Å². The third-order valence-corrected chi connectivity index (χ3v) is 4.13. The molecule has 0 fully saturated rings. The van der Waals surface area contributed by atoms with E-state index >= 15 is 0 Å². The zero-order valence-electron chi connectivity index (χ0n) is 15.5. The first-order chi connectivity index (χ1) is 13.1. The van der Waals surface area contributed by atoms with E-state index in [4.69, 9.17) is 0 Å². The minimum absolute atomic E-state index is 0.233. The van der Waals surface area contributed by atoms with E-state index < -0.39 is 0 Å². The van der Waals surface area contributed by atoms with Crippen LogP contribution in [0.3, 0.4) is 0 Å². The molecule has 0 aliphatic heterocycles. The Morgan fingerprint density at radius 2 is 1.96 bits per heavy atom. The molecule has 0 aliphatic rings. The summed E-state index contributed by atoms with van der Waals surface area (Å²) in [5.41, 5.74) is 2.64. The van der Waals surface area contributed by atoms with Crippen LogP contribution in [-0.4, -0.2) is 46.4 Å². The van der Waals surface area contributed by atoms with Gasteiger partial charge in [-0.1, -0.05) is 24.3 Å². The summed E-state index contributed by atoms with van der Waals surface area (Å²) in [5.74, 6) is 0.680. The first-order valence-corrected chi connectivity index (χ1v) is 8.80. The van der Waals surface area contributed by atoms with E-state index in [-0.39, 0.29) is 6.03 Å². The van der Waals surface area contributed by atoms with Gasteiger partial charge < -0.3 is 15.5 Å². The maximum atomic E-state index is 12.1. The summed E-state index contributed by atoms with van der Waals surface area (Å²) in [6.45, 7) is 3.27. The zero-order valence-corrected chi connectivity index (χ0v) is 15.5. The second-order valence-electron chi connectivity index (χ2n) is 6.18. The molecule has 2 aromatic carbocycles. The van der Waals surface area contributed by atoms with Gasteiger partial charge in [0.15, 0.2) is 5.82 Å². The molecule has 8 heteroatoms. The molecule has 140 valence electrons. The average molecular weight is 365 g/mol. The molecule has 8 nitrogen and oxygen atoms in total. The monoisotopic (exact) mass is 365 g/mol. The van der Waals surface area contributed by atoms with Crippen LogP contribution in [0.5, 0.6) is 0 Å². The van der Waals surface area contributed by atoms with Crippen LogP contribution in [0.1, 0.15) is 12.2 Å². The molecule has 0 spiro atoms. The van der Waals surface area contributed by atoms with Gasteiger partial charge in [-0.2, -0.15) is 4.68 Å². The number of amides is 2. The predicted octanol–water partition coefficient (Wildman–Crippen LogP) is 2.62. The van der Waals surface area contributed by atoms with Crippen molar-refractivity contribution >= 4 is 17.4 Å². The van der Waals surface area contributed by atoms with Crippen molar-refractivity contribution in [3.8, 4) is 5.69 Å². The van der Waals surface area contributed by atoms with Crippen molar-refractivity contribution in [3.05, 3.63) is 60.4 Å². The minimum atomic E-state index is -0.233. The second kappa shape index (κ2) is 8.79. The Morgan fingerprint density at radius 3 is 2.70 bits per heavy atom. The SMILES string of the molecule is Cc1nnnn1-c1cccc(NC(=O)NCCCN(C)c2ccccc2)c1. The van der Waals surface area contributed by atoms with Gasteiger partial charge in [-0.05, 0) is 54.1 Å². The highest BCUT2D eigenvalue weighted by Crippen LogP contribution is 2.14. The summed E-state index contributed by atoms with van der Waals surface area (Å²) in [6, 6.07) is 17.3. The van der Waals surface area contributed by atoms with Gasteiger partial charge in [-0.3, -0.25) is 0 Å². The van der Waals surface area contributed by atoms with Crippen molar-refractivity contribution in [1.82, 2.24) is 25.5 Å². The highest BCUT2D eigenvalue weighted by atomic mass is 16.2. The van der Waals surface area contributed by atoms with E-state index in [1.165, 1.54) is 0 Å². The molecule has 3 rings (SSSR count). The van der Waals surface area contributed by atoms with Crippen molar-refractivity contribution in [2.45, 2.75) is 13.3 Å². The normalized spacial score (nSPS) is 10.4. The fraction of sp³-hybridized carbons (Fsp3) is 0.263. The molecule has 0 saturated heterocycles. The van der Waals surface area contributed by atoms with Crippen LogP contribution in [0.4, 0.5) is 16.2 Å². The first kappa shape index (κ1) is 18.4. The van der Waals surface area contributed by atoms with Crippen LogP contribution in [0, 0.1) is 6.92 Å². The van der Waals surface area contributed by atoms with Crippen LogP contribution in [0.15, 0.2) is 54.6 Å². The number of anilines is 2. The lowest BCUT2D eigenvalue weighted by Gasteiger charge is -2.19. The number of rotatable bonds is 7. The Kier molecular flexibility index (Phi) is 5.98. The largest absolute Gasteiger partial charge is 0.375 e. The van der Waals surface area contributed by atoms with Gasteiger partial charge >= 0.3 is 6.03 Å². The predicted molar refractivity (Wildman–Crippen MR) is 105 cm³/mol. The number of benzene rings is 2. The number of nitrogens with one attached hydrogen (secondary N) is 2. The maximum Gasteiger partial charge on any atom is 0.319 e.